The summed E-state index contributed by atoms with van der Waals surface area (Å²) in [5.74, 6) is -0.587. The van der Waals surface area contributed by atoms with Crippen molar-refractivity contribution in [1.82, 2.24) is 0 Å². The largest absolute Gasteiger partial charge is 0.463 e. The minimum absolute atomic E-state index is 0.294. The molecule has 0 bridgehead atoms. The molecule has 0 spiro atoms. The van der Waals surface area contributed by atoms with Gasteiger partial charge in [-0.1, -0.05) is 12.2 Å². The minimum atomic E-state index is -0.294. The van der Waals surface area contributed by atoms with Crippen molar-refractivity contribution in [2.75, 3.05) is 13.2 Å². The molecule has 0 heterocycles. The summed E-state index contributed by atoms with van der Waals surface area (Å²) in [7, 11) is 0. The van der Waals surface area contributed by atoms with E-state index in [2.05, 4.69) is 0 Å². The molecule has 0 radical (unpaired) electrons. The third-order valence-corrected chi connectivity index (χ3v) is 2.13. The van der Waals surface area contributed by atoms with E-state index < -0.39 is 0 Å². The SMILES string of the molecule is CC=CC(=O)OCCCCCCOC(=O)C=CC. The van der Waals surface area contributed by atoms with E-state index in [9.17, 15) is 9.59 Å². The van der Waals surface area contributed by atoms with E-state index >= 15 is 0 Å². The second-order valence-corrected chi connectivity index (χ2v) is 3.75. The molecule has 0 atom stereocenters. The predicted molar refractivity (Wildman–Crippen MR) is 70.0 cm³/mol. The summed E-state index contributed by atoms with van der Waals surface area (Å²) in [6.07, 6.45) is 9.72. The normalized spacial score (nSPS) is 11.0. The first-order chi connectivity index (χ1) is 8.70. The van der Waals surface area contributed by atoms with Crippen LogP contribution >= 0.6 is 0 Å². The Morgan fingerprint density at radius 2 is 1.17 bits per heavy atom. The van der Waals surface area contributed by atoms with Crippen LogP contribution in [0, 0.1) is 0 Å². The molecular formula is C14H22O4. The Morgan fingerprint density at radius 1 is 0.778 bits per heavy atom. The molecule has 0 aromatic heterocycles. The van der Waals surface area contributed by atoms with Crippen molar-refractivity contribution >= 4 is 11.9 Å². The zero-order valence-electron chi connectivity index (χ0n) is 11.2. The third kappa shape index (κ3) is 10.9. The van der Waals surface area contributed by atoms with Crippen LogP contribution in [-0.2, 0) is 19.1 Å². The molecule has 0 fully saturated rings. The fraction of sp³-hybridized carbons (Fsp3) is 0.571. The molecular weight excluding hydrogens is 232 g/mol. The lowest BCUT2D eigenvalue weighted by molar-refractivity contribution is -0.139. The van der Waals surface area contributed by atoms with Gasteiger partial charge in [0.15, 0.2) is 0 Å². The average molecular weight is 254 g/mol. The van der Waals surface area contributed by atoms with Crippen LogP contribution in [0.5, 0.6) is 0 Å². The van der Waals surface area contributed by atoms with Gasteiger partial charge in [0.1, 0.15) is 0 Å². The summed E-state index contributed by atoms with van der Waals surface area (Å²) in [6, 6.07) is 0. The molecule has 0 rings (SSSR count). The van der Waals surface area contributed by atoms with Gasteiger partial charge in [0, 0.05) is 12.2 Å². The molecule has 0 saturated heterocycles. The molecule has 0 saturated carbocycles. The van der Waals surface area contributed by atoms with E-state index in [1.165, 1.54) is 12.2 Å². The van der Waals surface area contributed by atoms with Crippen LogP contribution in [0.2, 0.25) is 0 Å². The van der Waals surface area contributed by atoms with Gasteiger partial charge in [0.25, 0.3) is 0 Å². The van der Waals surface area contributed by atoms with Gasteiger partial charge >= 0.3 is 11.9 Å². The van der Waals surface area contributed by atoms with Crippen molar-refractivity contribution in [2.45, 2.75) is 39.5 Å². The number of carbonyl (C=O) groups excluding carboxylic acids is 2. The van der Waals surface area contributed by atoms with E-state index in [0.717, 1.165) is 25.7 Å². The summed E-state index contributed by atoms with van der Waals surface area (Å²) in [5.41, 5.74) is 0. The predicted octanol–water partition coefficient (Wildman–Crippen LogP) is 2.79. The maximum absolute atomic E-state index is 10.9. The summed E-state index contributed by atoms with van der Waals surface area (Å²) in [5, 5.41) is 0. The fourth-order valence-corrected chi connectivity index (χ4v) is 1.27. The Labute approximate surface area is 109 Å². The van der Waals surface area contributed by atoms with Crippen LogP contribution in [0.15, 0.2) is 24.3 Å². The van der Waals surface area contributed by atoms with Crippen LogP contribution in [-0.4, -0.2) is 25.2 Å². The number of hydrogen-bond acceptors (Lipinski definition) is 4. The maximum Gasteiger partial charge on any atom is 0.330 e. The summed E-state index contributed by atoms with van der Waals surface area (Å²) in [6.45, 7) is 4.44. The van der Waals surface area contributed by atoms with Crippen LogP contribution in [0.1, 0.15) is 39.5 Å². The highest BCUT2D eigenvalue weighted by molar-refractivity contribution is 5.82. The molecule has 0 aliphatic carbocycles. The highest BCUT2D eigenvalue weighted by atomic mass is 16.5. The quantitative estimate of drug-likeness (QED) is 0.360. The molecule has 0 aromatic carbocycles. The summed E-state index contributed by atoms with van der Waals surface area (Å²) < 4.78 is 9.88. The summed E-state index contributed by atoms with van der Waals surface area (Å²) in [4.78, 5) is 21.9. The first kappa shape index (κ1) is 16.4. The summed E-state index contributed by atoms with van der Waals surface area (Å²) >= 11 is 0. The van der Waals surface area contributed by atoms with Crippen molar-refractivity contribution in [3.63, 3.8) is 0 Å². The number of unbranched alkanes of at least 4 members (excludes halogenated alkanes) is 3. The van der Waals surface area contributed by atoms with Gasteiger partial charge in [-0.3, -0.25) is 0 Å². The van der Waals surface area contributed by atoms with Gasteiger partial charge in [0.2, 0.25) is 0 Å². The molecule has 0 aliphatic rings. The Kier molecular flexibility index (Phi) is 10.8. The first-order valence-electron chi connectivity index (χ1n) is 6.29. The topological polar surface area (TPSA) is 52.6 Å². The van der Waals surface area contributed by atoms with Crippen molar-refractivity contribution < 1.29 is 19.1 Å². The van der Waals surface area contributed by atoms with E-state index in [1.54, 1.807) is 26.0 Å². The monoisotopic (exact) mass is 254 g/mol. The zero-order valence-corrected chi connectivity index (χ0v) is 11.2. The lowest BCUT2D eigenvalue weighted by atomic mass is 10.2. The van der Waals surface area contributed by atoms with E-state index in [4.69, 9.17) is 9.47 Å². The highest BCUT2D eigenvalue weighted by Crippen LogP contribution is 2.01. The Hall–Kier alpha value is -1.58. The molecule has 0 amide bonds. The van der Waals surface area contributed by atoms with Crippen LogP contribution in [0.4, 0.5) is 0 Å². The molecule has 18 heavy (non-hydrogen) atoms. The zero-order chi connectivity index (χ0) is 13.6. The van der Waals surface area contributed by atoms with E-state index in [1.807, 2.05) is 0 Å². The van der Waals surface area contributed by atoms with Gasteiger partial charge in [0.05, 0.1) is 13.2 Å². The number of esters is 2. The lowest BCUT2D eigenvalue weighted by Gasteiger charge is -2.03. The fourth-order valence-electron chi connectivity index (χ4n) is 1.27. The van der Waals surface area contributed by atoms with Gasteiger partial charge in [-0.2, -0.15) is 0 Å². The van der Waals surface area contributed by atoms with Crippen LogP contribution < -0.4 is 0 Å². The third-order valence-electron chi connectivity index (χ3n) is 2.13. The Morgan fingerprint density at radius 3 is 1.50 bits per heavy atom. The number of carbonyl (C=O) groups is 2. The Balaban J connectivity index is 3.26. The van der Waals surface area contributed by atoms with Gasteiger partial charge in [-0.15, -0.1) is 0 Å². The number of rotatable bonds is 9. The van der Waals surface area contributed by atoms with Crippen LogP contribution in [0.25, 0.3) is 0 Å². The molecule has 0 unspecified atom stereocenters. The molecule has 102 valence electrons. The highest BCUT2D eigenvalue weighted by Gasteiger charge is 1.97. The van der Waals surface area contributed by atoms with Crippen molar-refractivity contribution in [1.29, 1.82) is 0 Å². The van der Waals surface area contributed by atoms with Crippen molar-refractivity contribution in [3.05, 3.63) is 24.3 Å². The molecule has 4 nitrogen and oxygen atoms in total. The number of ether oxygens (including phenoxy) is 2. The second kappa shape index (κ2) is 11.9. The Bertz CT molecular complexity index is 262. The van der Waals surface area contributed by atoms with Gasteiger partial charge in [-0.25, -0.2) is 9.59 Å². The molecule has 0 N–H and O–H groups in total. The standard InChI is InChI=1S/C14H22O4/c1-3-9-13(15)17-11-7-5-6-8-12-18-14(16)10-4-2/h3-4,9-10H,5-8,11-12H2,1-2H3. The van der Waals surface area contributed by atoms with Crippen molar-refractivity contribution in [2.24, 2.45) is 0 Å². The molecule has 0 aliphatic heterocycles. The lowest BCUT2D eigenvalue weighted by Crippen LogP contribution is -2.03. The van der Waals surface area contributed by atoms with Gasteiger partial charge < -0.3 is 9.47 Å². The van der Waals surface area contributed by atoms with Crippen molar-refractivity contribution in [3.8, 4) is 0 Å². The first-order valence-corrected chi connectivity index (χ1v) is 6.29. The van der Waals surface area contributed by atoms with E-state index in [0.29, 0.717) is 13.2 Å². The second-order valence-electron chi connectivity index (χ2n) is 3.75. The average Bonchev–Trinajstić information content (AvgIpc) is 2.33. The smallest absolute Gasteiger partial charge is 0.330 e. The number of allylic oxidation sites excluding steroid dienone is 2. The van der Waals surface area contributed by atoms with Crippen LogP contribution in [0.3, 0.4) is 0 Å². The maximum atomic E-state index is 10.9. The molecule has 4 heteroatoms. The molecule has 0 aromatic rings. The van der Waals surface area contributed by atoms with E-state index in [-0.39, 0.29) is 11.9 Å². The van der Waals surface area contributed by atoms with Gasteiger partial charge in [-0.05, 0) is 39.5 Å². The number of hydrogen-bond donors (Lipinski definition) is 0. The minimum Gasteiger partial charge on any atom is -0.463 e.